The second kappa shape index (κ2) is 8.01. The van der Waals surface area contributed by atoms with Crippen LogP contribution in [0.15, 0.2) is 47.6 Å². The van der Waals surface area contributed by atoms with Gasteiger partial charge in [-0.1, -0.05) is 12.8 Å². The quantitative estimate of drug-likeness (QED) is 0.869. The lowest BCUT2D eigenvalue weighted by atomic mass is 10.2. The van der Waals surface area contributed by atoms with E-state index in [0.29, 0.717) is 18.8 Å². The van der Waals surface area contributed by atoms with E-state index in [1.807, 2.05) is 0 Å². The van der Waals surface area contributed by atoms with Crippen LogP contribution >= 0.6 is 0 Å². The highest BCUT2D eigenvalue weighted by Gasteiger charge is 2.25. The first-order valence-electron chi connectivity index (χ1n) is 8.89. The number of benzene rings is 1. The third-order valence-corrected chi connectivity index (χ3v) is 6.54. The van der Waals surface area contributed by atoms with Gasteiger partial charge in [0.2, 0.25) is 15.9 Å². The monoisotopic (exact) mass is 376 g/mol. The van der Waals surface area contributed by atoms with Gasteiger partial charge in [-0.15, -0.1) is 0 Å². The number of amides is 1. The van der Waals surface area contributed by atoms with E-state index in [1.54, 1.807) is 58.6 Å². The standard InChI is InChI=1S/C18H24N4O3S/c1-15(22-14-6-11-19-22)18(23)20-16-7-9-17(10-8-16)26(24,25)21-12-4-2-3-5-13-21/h6-11,14-15H,2-5,12-13H2,1H3,(H,20,23). The van der Waals surface area contributed by atoms with Gasteiger partial charge in [-0.3, -0.25) is 9.48 Å². The first-order chi connectivity index (χ1) is 12.5. The first-order valence-corrected chi connectivity index (χ1v) is 10.3. The highest BCUT2D eigenvalue weighted by molar-refractivity contribution is 7.89. The van der Waals surface area contributed by atoms with Crippen LogP contribution < -0.4 is 5.32 Å². The van der Waals surface area contributed by atoms with Crippen molar-refractivity contribution >= 4 is 21.6 Å². The zero-order valence-electron chi connectivity index (χ0n) is 14.8. The Hall–Kier alpha value is -2.19. The van der Waals surface area contributed by atoms with Crippen LogP contribution in [0.25, 0.3) is 0 Å². The van der Waals surface area contributed by atoms with Crippen LogP contribution in [-0.2, 0) is 14.8 Å². The predicted molar refractivity (Wildman–Crippen MR) is 99.2 cm³/mol. The fourth-order valence-corrected chi connectivity index (χ4v) is 4.53. The van der Waals surface area contributed by atoms with Crippen LogP contribution in [0.3, 0.4) is 0 Å². The molecule has 7 nitrogen and oxygen atoms in total. The smallest absolute Gasteiger partial charge is 0.248 e. The molecule has 1 aromatic heterocycles. The number of aromatic nitrogens is 2. The van der Waals surface area contributed by atoms with Gasteiger partial charge in [-0.2, -0.15) is 9.40 Å². The Morgan fingerprint density at radius 3 is 2.35 bits per heavy atom. The fourth-order valence-electron chi connectivity index (χ4n) is 3.02. The minimum absolute atomic E-state index is 0.211. The molecule has 1 saturated heterocycles. The van der Waals surface area contributed by atoms with Crippen LogP contribution in [0.5, 0.6) is 0 Å². The van der Waals surface area contributed by atoms with Crippen molar-refractivity contribution < 1.29 is 13.2 Å². The summed E-state index contributed by atoms with van der Waals surface area (Å²) >= 11 is 0. The van der Waals surface area contributed by atoms with Gasteiger partial charge in [0.15, 0.2) is 0 Å². The molecule has 0 saturated carbocycles. The molecule has 1 amide bonds. The van der Waals surface area contributed by atoms with E-state index in [2.05, 4.69) is 10.4 Å². The summed E-state index contributed by atoms with van der Waals surface area (Å²) in [5.74, 6) is -0.211. The van der Waals surface area contributed by atoms with Crippen LogP contribution in [0.1, 0.15) is 38.6 Å². The molecule has 0 spiro atoms. The second-order valence-corrected chi connectivity index (χ2v) is 8.43. The molecule has 1 fully saturated rings. The van der Waals surface area contributed by atoms with Gasteiger partial charge < -0.3 is 5.32 Å². The van der Waals surface area contributed by atoms with Crippen molar-refractivity contribution in [1.82, 2.24) is 14.1 Å². The van der Waals surface area contributed by atoms with Gasteiger partial charge >= 0.3 is 0 Å². The van der Waals surface area contributed by atoms with Crippen molar-refractivity contribution in [3.05, 3.63) is 42.7 Å². The Morgan fingerprint density at radius 1 is 1.12 bits per heavy atom. The lowest BCUT2D eigenvalue weighted by Gasteiger charge is -2.20. The second-order valence-electron chi connectivity index (χ2n) is 6.49. The van der Waals surface area contributed by atoms with Crippen LogP contribution in [-0.4, -0.2) is 41.5 Å². The van der Waals surface area contributed by atoms with E-state index in [9.17, 15) is 13.2 Å². The third kappa shape index (κ3) is 4.13. The van der Waals surface area contributed by atoms with E-state index in [0.717, 1.165) is 25.7 Å². The molecular formula is C18H24N4O3S. The van der Waals surface area contributed by atoms with Gasteiger partial charge in [0.25, 0.3) is 0 Å². The average molecular weight is 376 g/mol. The number of nitrogens with zero attached hydrogens (tertiary/aromatic N) is 3. The Morgan fingerprint density at radius 2 is 1.77 bits per heavy atom. The van der Waals surface area contributed by atoms with Crippen molar-refractivity contribution in [1.29, 1.82) is 0 Å². The maximum atomic E-state index is 12.8. The molecule has 1 aliphatic rings. The van der Waals surface area contributed by atoms with Crippen molar-refractivity contribution in [2.45, 2.75) is 43.5 Å². The average Bonchev–Trinajstić information content (AvgIpc) is 3.03. The molecule has 1 N–H and O–H groups in total. The third-order valence-electron chi connectivity index (χ3n) is 4.63. The van der Waals surface area contributed by atoms with E-state index >= 15 is 0 Å². The number of hydrogen-bond donors (Lipinski definition) is 1. The lowest BCUT2D eigenvalue weighted by Crippen LogP contribution is -2.31. The summed E-state index contributed by atoms with van der Waals surface area (Å²) in [6.07, 6.45) is 7.29. The van der Waals surface area contributed by atoms with Crippen LogP contribution in [0.4, 0.5) is 5.69 Å². The molecule has 8 heteroatoms. The molecule has 1 atom stereocenters. The van der Waals surface area contributed by atoms with Crippen LogP contribution in [0.2, 0.25) is 0 Å². The SMILES string of the molecule is CC(C(=O)Nc1ccc(S(=O)(=O)N2CCCCCC2)cc1)n1cccn1. The van der Waals surface area contributed by atoms with E-state index < -0.39 is 16.1 Å². The molecule has 0 bridgehead atoms. The molecule has 1 unspecified atom stereocenters. The summed E-state index contributed by atoms with van der Waals surface area (Å²) in [4.78, 5) is 12.5. The number of carbonyl (C=O) groups excluding carboxylic acids is 1. The lowest BCUT2D eigenvalue weighted by molar-refractivity contribution is -0.119. The van der Waals surface area contributed by atoms with Gasteiger partial charge in [-0.05, 0) is 50.1 Å². The summed E-state index contributed by atoms with van der Waals surface area (Å²) in [6, 6.07) is 7.65. The zero-order chi connectivity index (χ0) is 18.6. The van der Waals surface area contributed by atoms with Crippen LogP contribution in [0, 0.1) is 0 Å². The highest BCUT2D eigenvalue weighted by Crippen LogP contribution is 2.22. The maximum absolute atomic E-state index is 12.8. The number of carbonyl (C=O) groups is 1. The Labute approximate surface area is 154 Å². The predicted octanol–water partition coefficient (Wildman–Crippen LogP) is 2.65. The maximum Gasteiger partial charge on any atom is 0.248 e. The summed E-state index contributed by atoms with van der Waals surface area (Å²) in [5.41, 5.74) is 0.559. The summed E-state index contributed by atoms with van der Waals surface area (Å²) in [6.45, 7) is 2.89. The normalized spacial score (nSPS) is 17.4. The molecule has 0 aliphatic carbocycles. The number of anilines is 1. The Bertz CT molecular complexity index is 824. The molecular weight excluding hydrogens is 352 g/mol. The zero-order valence-corrected chi connectivity index (χ0v) is 15.7. The minimum Gasteiger partial charge on any atom is -0.324 e. The number of sulfonamides is 1. The van der Waals surface area contributed by atoms with Crippen molar-refractivity contribution in [2.75, 3.05) is 18.4 Å². The molecule has 1 aliphatic heterocycles. The first kappa shape index (κ1) is 18.6. The van der Waals surface area contributed by atoms with Crippen molar-refractivity contribution in [2.24, 2.45) is 0 Å². The van der Waals surface area contributed by atoms with Gasteiger partial charge in [0, 0.05) is 31.2 Å². The number of nitrogens with one attached hydrogen (secondary N) is 1. The Balaban J connectivity index is 1.69. The topological polar surface area (TPSA) is 84.3 Å². The molecule has 0 radical (unpaired) electrons. The van der Waals surface area contributed by atoms with Gasteiger partial charge in [0.1, 0.15) is 6.04 Å². The van der Waals surface area contributed by atoms with E-state index in [1.165, 1.54) is 0 Å². The largest absolute Gasteiger partial charge is 0.324 e. The summed E-state index contributed by atoms with van der Waals surface area (Å²) in [7, 11) is -3.48. The van der Waals surface area contributed by atoms with Gasteiger partial charge in [-0.25, -0.2) is 8.42 Å². The molecule has 1 aromatic carbocycles. The number of hydrogen-bond acceptors (Lipinski definition) is 4. The van der Waals surface area contributed by atoms with E-state index in [-0.39, 0.29) is 10.8 Å². The Kier molecular flexibility index (Phi) is 5.73. The van der Waals surface area contributed by atoms with Gasteiger partial charge in [0.05, 0.1) is 4.90 Å². The molecule has 140 valence electrons. The summed E-state index contributed by atoms with van der Waals surface area (Å²) in [5, 5.41) is 6.85. The van der Waals surface area contributed by atoms with Crippen molar-refractivity contribution in [3.63, 3.8) is 0 Å². The number of rotatable bonds is 5. The fraction of sp³-hybridized carbons (Fsp3) is 0.444. The van der Waals surface area contributed by atoms with Crippen molar-refractivity contribution in [3.8, 4) is 0 Å². The van der Waals surface area contributed by atoms with E-state index in [4.69, 9.17) is 0 Å². The molecule has 3 rings (SSSR count). The molecule has 2 heterocycles. The molecule has 2 aromatic rings. The minimum atomic E-state index is -3.48. The highest BCUT2D eigenvalue weighted by atomic mass is 32.2. The summed E-state index contributed by atoms with van der Waals surface area (Å²) < 4.78 is 28.7. The molecule has 26 heavy (non-hydrogen) atoms.